The maximum absolute atomic E-state index is 12.2. The molecule has 3 rings (SSSR count). The van der Waals surface area contributed by atoms with Gasteiger partial charge in [0.2, 0.25) is 0 Å². The summed E-state index contributed by atoms with van der Waals surface area (Å²) >= 11 is 1.19. The van der Waals surface area contributed by atoms with Crippen LogP contribution in [0.4, 0.5) is 0 Å². The van der Waals surface area contributed by atoms with Crippen molar-refractivity contribution in [2.24, 2.45) is 0 Å². The fourth-order valence-corrected chi connectivity index (χ4v) is 2.84. The Kier molecular flexibility index (Phi) is 4.39. The Labute approximate surface area is 141 Å². The van der Waals surface area contributed by atoms with E-state index in [1.807, 2.05) is 31.2 Å². The third-order valence-corrected chi connectivity index (χ3v) is 4.20. The highest BCUT2D eigenvalue weighted by Gasteiger charge is 2.13. The molecule has 0 unspecified atom stereocenters. The quantitative estimate of drug-likeness (QED) is 0.741. The second kappa shape index (κ2) is 6.63. The number of aromatic carboxylic acids is 1. The molecule has 122 valence electrons. The molecular weight excluding hydrogens is 328 g/mol. The smallest absolute Gasteiger partial charge is 0.355 e. The first kappa shape index (κ1) is 15.9. The molecule has 24 heavy (non-hydrogen) atoms. The van der Waals surface area contributed by atoms with Gasteiger partial charge in [-0.3, -0.25) is 4.79 Å². The Morgan fingerprint density at radius 3 is 2.75 bits per heavy atom. The Morgan fingerprint density at radius 1 is 1.25 bits per heavy atom. The summed E-state index contributed by atoms with van der Waals surface area (Å²) in [5, 5.41) is 17.8. The molecule has 0 spiro atoms. The molecule has 8 heteroatoms. The van der Waals surface area contributed by atoms with Crippen LogP contribution >= 0.6 is 11.3 Å². The zero-order valence-electron chi connectivity index (χ0n) is 12.8. The van der Waals surface area contributed by atoms with E-state index in [0.717, 1.165) is 11.3 Å². The number of carbonyl (C=O) groups excluding carboxylic acids is 1. The molecule has 2 heterocycles. The van der Waals surface area contributed by atoms with Crippen molar-refractivity contribution in [3.8, 4) is 5.69 Å². The second-order valence-electron chi connectivity index (χ2n) is 5.05. The van der Waals surface area contributed by atoms with Crippen LogP contribution in [0.25, 0.3) is 5.69 Å². The maximum Gasteiger partial charge on any atom is 0.355 e. The average Bonchev–Trinajstić information content (AvgIpc) is 3.22. The summed E-state index contributed by atoms with van der Waals surface area (Å²) in [6, 6.07) is 9.38. The third kappa shape index (κ3) is 3.33. The number of nitrogens with zero attached hydrogens (tertiary/aromatic N) is 3. The Hall–Kier alpha value is -3.00. The minimum Gasteiger partial charge on any atom is -0.476 e. The SMILES string of the molecule is Cc1ccccc1-n1ccc(C(=O)NCc2nc(C(=O)O)cs2)n1. The largest absolute Gasteiger partial charge is 0.476 e. The van der Waals surface area contributed by atoms with E-state index in [-0.39, 0.29) is 23.8 Å². The van der Waals surface area contributed by atoms with Gasteiger partial charge in [-0.05, 0) is 24.6 Å². The van der Waals surface area contributed by atoms with Gasteiger partial charge in [-0.1, -0.05) is 18.2 Å². The van der Waals surface area contributed by atoms with E-state index in [1.54, 1.807) is 16.9 Å². The van der Waals surface area contributed by atoms with Crippen molar-refractivity contribution in [1.82, 2.24) is 20.1 Å². The van der Waals surface area contributed by atoms with Crippen LogP contribution in [0.2, 0.25) is 0 Å². The summed E-state index contributed by atoms with van der Waals surface area (Å²) in [4.78, 5) is 26.9. The number of carbonyl (C=O) groups is 2. The lowest BCUT2D eigenvalue weighted by Gasteiger charge is -2.04. The van der Waals surface area contributed by atoms with Crippen LogP contribution in [0, 0.1) is 6.92 Å². The van der Waals surface area contributed by atoms with Gasteiger partial charge < -0.3 is 10.4 Å². The number of para-hydroxylation sites is 1. The fourth-order valence-electron chi connectivity index (χ4n) is 2.14. The van der Waals surface area contributed by atoms with Gasteiger partial charge in [0.15, 0.2) is 11.4 Å². The first-order valence-electron chi connectivity index (χ1n) is 7.12. The number of hydrogen-bond acceptors (Lipinski definition) is 5. The van der Waals surface area contributed by atoms with Crippen LogP contribution < -0.4 is 5.32 Å². The number of carboxylic acid groups (broad SMARTS) is 1. The first-order valence-corrected chi connectivity index (χ1v) is 8.00. The number of rotatable bonds is 5. The summed E-state index contributed by atoms with van der Waals surface area (Å²) in [5.41, 5.74) is 2.22. The number of thiazole rings is 1. The molecule has 3 aromatic rings. The molecule has 0 aliphatic carbocycles. The molecular formula is C16H14N4O3S. The number of benzene rings is 1. The van der Waals surface area contributed by atoms with Crippen molar-refractivity contribution in [2.45, 2.75) is 13.5 Å². The summed E-state index contributed by atoms with van der Waals surface area (Å²) in [5.74, 6) is -1.42. The van der Waals surface area contributed by atoms with Crippen molar-refractivity contribution in [2.75, 3.05) is 0 Å². The molecule has 0 aliphatic rings. The lowest BCUT2D eigenvalue weighted by molar-refractivity contribution is 0.0691. The summed E-state index contributed by atoms with van der Waals surface area (Å²) in [7, 11) is 0. The molecule has 2 N–H and O–H groups in total. The zero-order chi connectivity index (χ0) is 17.1. The number of hydrogen-bond donors (Lipinski definition) is 2. The van der Waals surface area contributed by atoms with Crippen molar-refractivity contribution in [1.29, 1.82) is 0 Å². The summed E-state index contributed by atoms with van der Waals surface area (Å²) in [6.07, 6.45) is 1.73. The Morgan fingerprint density at radius 2 is 2.04 bits per heavy atom. The molecule has 0 saturated heterocycles. The van der Waals surface area contributed by atoms with Crippen LogP contribution in [-0.4, -0.2) is 31.7 Å². The molecule has 0 fully saturated rings. The van der Waals surface area contributed by atoms with E-state index in [2.05, 4.69) is 15.4 Å². The highest BCUT2D eigenvalue weighted by molar-refractivity contribution is 7.09. The molecule has 1 aromatic carbocycles. The van der Waals surface area contributed by atoms with E-state index in [4.69, 9.17) is 5.11 Å². The van der Waals surface area contributed by atoms with Crippen LogP contribution in [0.5, 0.6) is 0 Å². The zero-order valence-corrected chi connectivity index (χ0v) is 13.6. The third-order valence-electron chi connectivity index (χ3n) is 3.36. The normalized spacial score (nSPS) is 10.5. The molecule has 2 aromatic heterocycles. The van der Waals surface area contributed by atoms with Gasteiger partial charge in [0.25, 0.3) is 5.91 Å². The van der Waals surface area contributed by atoms with E-state index < -0.39 is 5.97 Å². The number of aryl methyl sites for hydroxylation is 1. The average molecular weight is 342 g/mol. The van der Waals surface area contributed by atoms with Gasteiger partial charge in [0.05, 0.1) is 12.2 Å². The Balaban J connectivity index is 1.67. The lowest BCUT2D eigenvalue weighted by Crippen LogP contribution is -2.23. The number of carboxylic acids is 1. The van der Waals surface area contributed by atoms with Gasteiger partial charge >= 0.3 is 5.97 Å². The first-order chi connectivity index (χ1) is 11.5. The topological polar surface area (TPSA) is 97.1 Å². The molecule has 0 bridgehead atoms. The number of nitrogens with one attached hydrogen (secondary N) is 1. The van der Waals surface area contributed by atoms with Gasteiger partial charge in [-0.2, -0.15) is 5.10 Å². The molecule has 0 radical (unpaired) electrons. The molecule has 1 amide bonds. The van der Waals surface area contributed by atoms with E-state index in [9.17, 15) is 9.59 Å². The highest BCUT2D eigenvalue weighted by Crippen LogP contribution is 2.13. The van der Waals surface area contributed by atoms with Crippen LogP contribution in [-0.2, 0) is 6.54 Å². The number of amides is 1. The van der Waals surface area contributed by atoms with E-state index in [0.29, 0.717) is 5.01 Å². The van der Waals surface area contributed by atoms with E-state index in [1.165, 1.54) is 16.7 Å². The van der Waals surface area contributed by atoms with Crippen molar-refractivity contribution in [3.05, 3.63) is 63.9 Å². The van der Waals surface area contributed by atoms with E-state index >= 15 is 0 Å². The van der Waals surface area contributed by atoms with Crippen molar-refractivity contribution in [3.63, 3.8) is 0 Å². The molecule has 0 atom stereocenters. The lowest BCUT2D eigenvalue weighted by atomic mass is 10.2. The van der Waals surface area contributed by atoms with Crippen LogP contribution in [0.3, 0.4) is 0 Å². The minimum absolute atomic E-state index is 0.0203. The van der Waals surface area contributed by atoms with Crippen molar-refractivity contribution < 1.29 is 14.7 Å². The Bertz CT molecular complexity index is 900. The van der Waals surface area contributed by atoms with Gasteiger partial charge in [-0.15, -0.1) is 11.3 Å². The minimum atomic E-state index is -1.08. The molecule has 7 nitrogen and oxygen atoms in total. The summed E-state index contributed by atoms with van der Waals surface area (Å²) < 4.78 is 1.65. The monoisotopic (exact) mass is 342 g/mol. The van der Waals surface area contributed by atoms with Gasteiger partial charge in [0.1, 0.15) is 5.01 Å². The maximum atomic E-state index is 12.2. The second-order valence-corrected chi connectivity index (χ2v) is 5.99. The standard InChI is InChI=1S/C16H14N4O3S/c1-10-4-2-3-5-13(10)20-7-6-11(19-20)15(21)17-8-14-18-12(9-24-14)16(22)23/h2-7,9H,8H2,1H3,(H,17,21)(H,22,23). The van der Waals surface area contributed by atoms with Gasteiger partial charge in [-0.25, -0.2) is 14.5 Å². The van der Waals surface area contributed by atoms with Crippen molar-refractivity contribution >= 4 is 23.2 Å². The fraction of sp³-hybridized carbons (Fsp3) is 0.125. The van der Waals surface area contributed by atoms with Crippen LogP contribution in [0.15, 0.2) is 41.9 Å². The van der Waals surface area contributed by atoms with Gasteiger partial charge in [0, 0.05) is 11.6 Å². The molecule has 0 aliphatic heterocycles. The summed E-state index contributed by atoms with van der Waals surface area (Å²) in [6.45, 7) is 2.13. The predicted octanol–water partition coefficient (Wildman–Crippen LogP) is 2.27. The highest BCUT2D eigenvalue weighted by atomic mass is 32.1. The predicted molar refractivity (Wildman–Crippen MR) is 88.5 cm³/mol. The van der Waals surface area contributed by atoms with Crippen LogP contribution in [0.1, 0.15) is 31.5 Å². The molecule has 0 saturated carbocycles. The number of aromatic nitrogens is 3.